The summed E-state index contributed by atoms with van der Waals surface area (Å²) in [6.07, 6.45) is -4.38. The number of hydrogen-bond acceptors (Lipinski definition) is 4. The number of aliphatic imine (C=N–C) groups is 1. The molecule has 0 amide bonds. The van der Waals surface area contributed by atoms with E-state index in [9.17, 15) is 13.2 Å². The number of nitrogens with zero attached hydrogens (tertiary/aromatic N) is 1. The zero-order valence-corrected chi connectivity index (χ0v) is 20.1. The lowest BCUT2D eigenvalue weighted by molar-refractivity contribution is -0.137. The topological polar surface area (TPSA) is 64.1 Å². The second-order valence-corrected chi connectivity index (χ2v) is 6.24. The smallest absolute Gasteiger partial charge is 0.416 e. The first-order valence-electron chi connectivity index (χ1n) is 9.30. The minimum atomic E-state index is -4.38. The van der Waals surface area contributed by atoms with Crippen LogP contribution in [0.1, 0.15) is 23.6 Å². The van der Waals surface area contributed by atoms with E-state index in [-0.39, 0.29) is 30.5 Å². The molecule has 0 aromatic heterocycles. The largest absolute Gasteiger partial charge is 0.493 e. The lowest BCUT2D eigenvalue weighted by atomic mass is 10.1. The molecule has 6 nitrogen and oxygen atoms in total. The molecule has 0 aliphatic rings. The number of hydrogen-bond donors (Lipinski definition) is 2. The van der Waals surface area contributed by atoms with Gasteiger partial charge in [-0.15, -0.1) is 24.0 Å². The monoisotopic (exact) mass is 553 g/mol. The van der Waals surface area contributed by atoms with Gasteiger partial charge in [-0.05, 0) is 36.8 Å². The molecule has 0 fully saturated rings. The summed E-state index contributed by atoms with van der Waals surface area (Å²) in [6, 6.07) is 8.74. The van der Waals surface area contributed by atoms with Crippen LogP contribution in [0, 0.1) is 0 Å². The predicted octanol–water partition coefficient (Wildman–Crippen LogP) is 4.60. The Morgan fingerprint density at radius 3 is 2.26 bits per heavy atom. The van der Waals surface area contributed by atoms with Crippen LogP contribution in [-0.4, -0.2) is 33.8 Å². The summed E-state index contributed by atoms with van der Waals surface area (Å²) in [5, 5.41) is 6.23. The van der Waals surface area contributed by atoms with Crippen molar-refractivity contribution in [2.45, 2.75) is 26.2 Å². The summed E-state index contributed by atoms with van der Waals surface area (Å²) in [5.74, 6) is 2.01. The van der Waals surface area contributed by atoms with Gasteiger partial charge in [0, 0.05) is 18.7 Å². The maximum atomic E-state index is 12.9. The molecule has 0 unspecified atom stereocenters. The Hall–Kier alpha value is -2.37. The van der Waals surface area contributed by atoms with E-state index in [1.165, 1.54) is 20.3 Å². The Morgan fingerprint density at radius 2 is 1.68 bits per heavy atom. The molecule has 0 radical (unpaired) electrons. The van der Waals surface area contributed by atoms with Crippen molar-refractivity contribution in [3.63, 3.8) is 0 Å². The Kier molecular flexibility index (Phi) is 10.7. The lowest BCUT2D eigenvalue weighted by Gasteiger charge is -2.17. The summed E-state index contributed by atoms with van der Waals surface area (Å²) in [6.45, 7) is 2.95. The van der Waals surface area contributed by atoms with Crippen LogP contribution in [0.15, 0.2) is 41.4 Å². The van der Waals surface area contributed by atoms with Gasteiger partial charge in [-0.1, -0.05) is 12.1 Å². The van der Waals surface area contributed by atoms with Gasteiger partial charge in [0.05, 0.1) is 33.4 Å². The predicted molar refractivity (Wildman–Crippen MR) is 125 cm³/mol. The summed E-state index contributed by atoms with van der Waals surface area (Å²) in [4.78, 5) is 4.38. The highest BCUT2D eigenvalue weighted by molar-refractivity contribution is 14.0. The fraction of sp³-hybridized carbons (Fsp3) is 0.381. The number of ether oxygens (including phenoxy) is 3. The molecule has 2 aromatic carbocycles. The van der Waals surface area contributed by atoms with Gasteiger partial charge in [0.2, 0.25) is 5.75 Å². The van der Waals surface area contributed by atoms with Crippen molar-refractivity contribution in [2.75, 3.05) is 27.9 Å². The Labute approximate surface area is 197 Å². The molecule has 0 aliphatic heterocycles. The van der Waals surface area contributed by atoms with Crippen molar-refractivity contribution >= 4 is 29.9 Å². The maximum absolute atomic E-state index is 12.9. The van der Waals surface area contributed by atoms with Gasteiger partial charge in [0.15, 0.2) is 17.5 Å². The molecule has 0 atom stereocenters. The van der Waals surface area contributed by atoms with Crippen molar-refractivity contribution in [1.29, 1.82) is 0 Å². The summed E-state index contributed by atoms with van der Waals surface area (Å²) >= 11 is 0. The van der Waals surface area contributed by atoms with Gasteiger partial charge in [-0.3, -0.25) is 0 Å². The number of rotatable bonds is 8. The van der Waals surface area contributed by atoms with E-state index in [1.54, 1.807) is 19.2 Å². The zero-order valence-electron chi connectivity index (χ0n) is 17.8. The van der Waals surface area contributed by atoms with Gasteiger partial charge in [0.1, 0.15) is 0 Å². The van der Waals surface area contributed by atoms with Crippen molar-refractivity contribution < 1.29 is 27.4 Å². The van der Waals surface area contributed by atoms with Crippen LogP contribution in [0.3, 0.4) is 0 Å². The molecule has 0 bridgehead atoms. The van der Waals surface area contributed by atoms with E-state index in [2.05, 4.69) is 15.6 Å². The highest BCUT2D eigenvalue weighted by atomic mass is 127. The van der Waals surface area contributed by atoms with Crippen molar-refractivity contribution in [3.8, 4) is 17.2 Å². The number of methoxy groups -OCH3 is 3. The molecule has 0 spiro atoms. The minimum Gasteiger partial charge on any atom is -0.493 e. The minimum absolute atomic E-state index is 0. The quantitative estimate of drug-likeness (QED) is 0.284. The first-order chi connectivity index (χ1) is 14.3. The van der Waals surface area contributed by atoms with Gasteiger partial charge >= 0.3 is 6.18 Å². The molecule has 0 saturated heterocycles. The van der Waals surface area contributed by atoms with Crippen LogP contribution in [-0.2, 0) is 19.3 Å². The molecule has 172 valence electrons. The van der Waals surface area contributed by atoms with Crippen molar-refractivity contribution in [1.82, 2.24) is 10.6 Å². The van der Waals surface area contributed by atoms with Crippen LogP contribution in [0.25, 0.3) is 0 Å². The number of guanidine groups is 1. The third-order valence-corrected chi connectivity index (χ3v) is 4.25. The molecule has 0 saturated carbocycles. The molecule has 0 aliphatic carbocycles. The van der Waals surface area contributed by atoms with Crippen LogP contribution >= 0.6 is 24.0 Å². The number of alkyl halides is 3. The molecule has 2 rings (SSSR count). The average Bonchev–Trinajstić information content (AvgIpc) is 2.74. The normalized spacial score (nSPS) is 11.4. The molecule has 2 N–H and O–H groups in total. The Morgan fingerprint density at radius 1 is 0.968 bits per heavy atom. The van der Waals surface area contributed by atoms with Gasteiger partial charge < -0.3 is 24.8 Å². The van der Waals surface area contributed by atoms with E-state index >= 15 is 0 Å². The highest BCUT2D eigenvalue weighted by Gasteiger charge is 2.30. The number of benzene rings is 2. The van der Waals surface area contributed by atoms with E-state index in [0.29, 0.717) is 41.9 Å². The summed E-state index contributed by atoms with van der Waals surface area (Å²) in [7, 11) is 4.60. The Bertz CT molecular complexity index is 877. The second-order valence-electron chi connectivity index (χ2n) is 6.24. The van der Waals surface area contributed by atoms with Crippen LogP contribution in [0.5, 0.6) is 17.2 Å². The van der Waals surface area contributed by atoms with Crippen molar-refractivity contribution in [2.24, 2.45) is 4.99 Å². The van der Waals surface area contributed by atoms with Gasteiger partial charge in [-0.25, -0.2) is 4.99 Å². The molecular weight excluding hydrogens is 526 g/mol. The third-order valence-electron chi connectivity index (χ3n) is 4.25. The summed E-state index contributed by atoms with van der Waals surface area (Å²) in [5.41, 5.74) is 0.578. The van der Waals surface area contributed by atoms with E-state index in [4.69, 9.17) is 14.2 Å². The standard InChI is InChI=1S/C21H26F3N3O3.HI/c1-5-25-20(26-12-14-7-6-8-16(11-14)21(22,23)24)27-13-15-9-10-17(28-2)19(30-4)18(15)29-3;/h6-11H,5,12-13H2,1-4H3,(H2,25,26,27);1H. The fourth-order valence-corrected chi connectivity index (χ4v) is 2.84. The van der Waals surface area contributed by atoms with E-state index < -0.39 is 11.7 Å². The molecule has 10 heteroatoms. The van der Waals surface area contributed by atoms with Gasteiger partial charge in [-0.2, -0.15) is 13.2 Å². The second kappa shape index (κ2) is 12.5. The number of halogens is 4. The SMILES string of the molecule is CCNC(=NCc1cccc(C(F)(F)F)c1)NCc1ccc(OC)c(OC)c1OC.I. The van der Waals surface area contributed by atoms with Crippen molar-refractivity contribution in [3.05, 3.63) is 53.1 Å². The Balaban J connectivity index is 0.00000480. The van der Waals surface area contributed by atoms with Crippen LogP contribution in [0.4, 0.5) is 13.2 Å². The van der Waals surface area contributed by atoms with Gasteiger partial charge in [0.25, 0.3) is 0 Å². The number of nitrogens with one attached hydrogen (secondary N) is 2. The average molecular weight is 553 g/mol. The lowest BCUT2D eigenvalue weighted by Crippen LogP contribution is -2.36. The highest BCUT2D eigenvalue weighted by Crippen LogP contribution is 2.39. The van der Waals surface area contributed by atoms with E-state index in [0.717, 1.165) is 17.7 Å². The van der Waals surface area contributed by atoms with E-state index in [1.807, 2.05) is 13.0 Å². The molecule has 0 heterocycles. The molecule has 31 heavy (non-hydrogen) atoms. The maximum Gasteiger partial charge on any atom is 0.416 e. The van der Waals surface area contributed by atoms with Crippen LogP contribution in [0.2, 0.25) is 0 Å². The zero-order chi connectivity index (χ0) is 22.1. The molecule has 2 aromatic rings. The molecular formula is C21H27F3IN3O3. The fourth-order valence-electron chi connectivity index (χ4n) is 2.84. The third kappa shape index (κ3) is 7.37. The van der Waals surface area contributed by atoms with Crippen LogP contribution < -0.4 is 24.8 Å². The first kappa shape index (κ1) is 26.7. The first-order valence-corrected chi connectivity index (χ1v) is 9.30. The summed E-state index contributed by atoms with van der Waals surface area (Å²) < 4.78 is 54.8.